The van der Waals surface area contributed by atoms with Gasteiger partial charge in [0.05, 0.1) is 11.5 Å². The number of benzene rings is 1. The minimum atomic E-state index is -3.46. The summed E-state index contributed by atoms with van der Waals surface area (Å²) in [7, 11) is -3.46. The fraction of sp³-hybridized carbons (Fsp3) is 0.500. The average molecular weight is 255 g/mol. The first-order valence-corrected chi connectivity index (χ1v) is 7.23. The molecule has 1 fully saturated rings. The summed E-state index contributed by atoms with van der Waals surface area (Å²) in [6, 6.07) is 6.37. The van der Waals surface area contributed by atoms with Crippen LogP contribution in [0.4, 0.5) is 0 Å². The Labute approximate surface area is 102 Å². The zero-order valence-electron chi connectivity index (χ0n) is 9.76. The highest BCUT2D eigenvalue weighted by Gasteiger charge is 2.31. The second-order valence-electron chi connectivity index (χ2n) is 4.55. The fourth-order valence-electron chi connectivity index (χ4n) is 1.82. The molecular formula is C12H17NO3S. The quantitative estimate of drug-likeness (QED) is 0.832. The Morgan fingerprint density at radius 1 is 1.47 bits per heavy atom. The van der Waals surface area contributed by atoms with Gasteiger partial charge in [0.15, 0.2) is 0 Å². The van der Waals surface area contributed by atoms with Crippen molar-refractivity contribution >= 4 is 10.0 Å². The maximum absolute atomic E-state index is 12.1. The maximum Gasteiger partial charge on any atom is 0.240 e. The number of rotatable bonds is 5. The zero-order chi connectivity index (χ0) is 12.5. The maximum atomic E-state index is 12.1. The summed E-state index contributed by atoms with van der Waals surface area (Å²) >= 11 is 0. The first kappa shape index (κ1) is 12.5. The molecule has 0 aliphatic heterocycles. The van der Waals surface area contributed by atoms with Gasteiger partial charge in [0.1, 0.15) is 0 Å². The van der Waals surface area contributed by atoms with Crippen molar-refractivity contribution in [2.45, 2.75) is 37.3 Å². The molecule has 1 aromatic rings. The Balaban J connectivity index is 2.18. The third kappa shape index (κ3) is 3.06. The molecule has 17 heavy (non-hydrogen) atoms. The summed E-state index contributed by atoms with van der Waals surface area (Å²) < 4.78 is 26.8. The van der Waals surface area contributed by atoms with Crippen LogP contribution in [0.1, 0.15) is 25.3 Å². The number of hydrogen-bond acceptors (Lipinski definition) is 3. The van der Waals surface area contributed by atoms with Crippen molar-refractivity contribution in [2.75, 3.05) is 0 Å². The number of nitrogens with one attached hydrogen (secondary N) is 1. The monoisotopic (exact) mass is 255 g/mol. The number of hydrogen-bond donors (Lipinski definition) is 2. The molecule has 0 bridgehead atoms. The van der Waals surface area contributed by atoms with Gasteiger partial charge in [-0.1, -0.05) is 12.1 Å². The van der Waals surface area contributed by atoms with Crippen molar-refractivity contribution in [2.24, 2.45) is 5.92 Å². The van der Waals surface area contributed by atoms with Gasteiger partial charge in [-0.15, -0.1) is 0 Å². The Morgan fingerprint density at radius 3 is 2.76 bits per heavy atom. The standard InChI is InChI=1S/C12H17NO3S/c1-9(11-5-6-11)13-17(15,16)12-4-2-3-10(7-12)8-14/h2-4,7,9,11,13-14H,5-6,8H2,1H3. The summed E-state index contributed by atoms with van der Waals surface area (Å²) in [5, 5.41) is 8.99. The van der Waals surface area contributed by atoms with Gasteiger partial charge in [-0.05, 0) is 43.4 Å². The van der Waals surface area contributed by atoms with E-state index >= 15 is 0 Å². The van der Waals surface area contributed by atoms with E-state index in [1.54, 1.807) is 18.2 Å². The lowest BCUT2D eigenvalue weighted by molar-refractivity contribution is 0.281. The highest BCUT2D eigenvalue weighted by atomic mass is 32.2. The second kappa shape index (κ2) is 4.76. The van der Waals surface area contributed by atoms with Crippen LogP contribution < -0.4 is 4.72 Å². The summed E-state index contributed by atoms with van der Waals surface area (Å²) in [4.78, 5) is 0.219. The van der Waals surface area contributed by atoms with Crippen LogP contribution in [-0.2, 0) is 16.6 Å². The number of sulfonamides is 1. The highest BCUT2D eigenvalue weighted by molar-refractivity contribution is 7.89. The van der Waals surface area contributed by atoms with Crippen LogP contribution >= 0.6 is 0 Å². The summed E-state index contributed by atoms with van der Waals surface area (Å²) in [6.45, 7) is 1.74. The van der Waals surface area contributed by atoms with E-state index in [1.807, 2.05) is 6.92 Å². The fourth-order valence-corrected chi connectivity index (χ4v) is 3.20. The molecule has 1 atom stereocenters. The van der Waals surface area contributed by atoms with E-state index in [-0.39, 0.29) is 17.5 Å². The molecule has 1 saturated carbocycles. The van der Waals surface area contributed by atoms with Crippen LogP contribution in [0.2, 0.25) is 0 Å². The Morgan fingerprint density at radius 2 is 2.18 bits per heavy atom. The molecule has 2 N–H and O–H groups in total. The van der Waals surface area contributed by atoms with E-state index in [0.717, 1.165) is 12.8 Å². The molecule has 1 aliphatic rings. The third-order valence-corrected chi connectivity index (χ3v) is 4.62. The highest BCUT2D eigenvalue weighted by Crippen LogP contribution is 2.33. The minimum Gasteiger partial charge on any atom is -0.392 e. The van der Waals surface area contributed by atoms with Crippen LogP contribution in [0, 0.1) is 5.92 Å². The molecule has 94 valence electrons. The predicted octanol–water partition coefficient (Wildman–Crippen LogP) is 1.26. The summed E-state index contributed by atoms with van der Waals surface area (Å²) in [5.41, 5.74) is 0.604. The lowest BCUT2D eigenvalue weighted by Gasteiger charge is -2.13. The van der Waals surface area contributed by atoms with Crippen molar-refractivity contribution < 1.29 is 13.5 Å². The van der Waals surface area contributed by atoms with Gasteiger partial charge in [0.2, 0.25) is 10.0 Å². The lowest BCUT2D eigenvalue weighted by atomic mass is 10.2. The van der Waals surface area contributed by atoms with Crippen LogP contribution in [0.5, 0.6) is 0 Å². The Hall–Kier alpha value is -0.910. The van der Waals surface area contributed by atoms with E-state index in [4.69, 9.17) is 5.11 Å². The molecule has 0 amide bonds. The molecule has 5 heteroatoms. The molecule has 1 aromatic carbocycles. The van der Waals surface area contributed by atoms with Gasteiger partial charge in [0.25, 0.3) is 0 Å². The molecule has 0 saturated heterocycles. The van der Waals surface area contributed by atoms with E-state index < -0.39 is 10.0 Å². The molecule has 2 rings (SSSR count). The van der Waals surface area contributed by atoms with Crippen LogP contribution in [0.25, 0.3) is 0 Å². The molecule has 0 heterocycles. The molecule has 1 aliphatic carbocycles. The van der Waals surface area contributed by atoms with Crippen molar-refractivity contribution in [1.82, 2.24) is 4.72 Å². The molecule has 4 nitrogen and oxygen atoms in total. The van der Waals surface area contributed by atoms with Gasteiger partial charge in [-0.25, -0.2) is 13.1 Å². The van der Waals surface area contributed by atoms with Crippen LogP contribution in [0.15, 0.2) is 29.2 Å². The van der Waals surface area contributed by atoms with E-state index in [1.165, 1.54) is 6.07 Å². The smallest absolute Gasteiger partial charge is 0.240 e. The van der Waals surface area contributed by atoms with E-state index in [9.17, 15) is 8.42 Å². The molecule has 1 unspecified atom stereocenters. The van der Waals surface area contributed by atoms with Gasteiger partial charge in [-0.2, -0.15) is 0 Å². The SMILES string of the molecule is CC(NS(=O)(=O)c1cccc(CO)c1)C1CC1. The Kier molecular flexibility index (Phi) is 3.51. The van der Waals surface area contributed by atoms with Gasteiger partial charge < -0.3 is 5.11 Å². The second-order valence-corrected chi connectivity index (χ2v) is 6.27. The lowest BCUT2D eigenvalue weighted by Crippen LogP contribution is -2.34. The first-order chi connectivity index (χ1) is 8.03. The van der Waals surface area contributed by atoms with Crippen LogP contribution in [-0.4, -0.2) is 19.6 Å². The van der Waals surface area contributed by atoms with Crippen molar-refractivity contribution in [3.8, 4) is 0 Å². The largest absolute Gasteiger partial charge is 0.392 e. The van der Waals surface area contributed by atoms with E-state index in [0.29, 0.717) is 11.5 Å². The Bertz CT molecular complexity index is 494. The van der Waals surface area contributed by atoms with Crippen molar-refractivity contribution in [3.05, 3.63) is 29.8 Å². The average Bonchev–Trinajstić information content (AvgIpc) is 3.12. The topological polar surface area (TPSA) is 66.4 Å². The zero-order valence-corrected chi connectivity index (χ0v) is 10.6. The van der Waals surface area contributed by atoms with E-state index in [2.05, 4.69) is 4.72 Å². The van der Waals surface area contributed by atoms with Gasteiger partial charge in [0, 0.05) is 6.04 Å². The number of aliphatic hydroxyl groups is 1. The van der Waals surface area contributed by atoms with Crippen LogP contribution in [0.3, 0.4) is 0 Å². The van der Waals surface area contributed by atoms with Crippen molar-refractivity contribution in [3.63, 3.8) is 0 Å². The first-order valence-electron chi connectivity index (χ1n) is 5.75. The van der Waals surface area contributed by atoms with Gasteiger partial charge >= 0.3 is 0 Å². The molecule has 0 radical (unpaired) electrons. The minimum absolute atomic E-state index is 0.0159. The van der Waals surface area contributed by atoms with Gasteiger partial charge in [-0.3, -0.25) is 0 Å². The summed E-state index contributed by atoms with van der Waals surface area (Å²) in [6.07, 6.45) is 2.20. The molecule has 0 spiro atoms. The molecule has 0 aromatic heterocycles. The predicted molar refractivity (Wildman–Crippen MR) is 64.9 cm³/mol. The normalized spacial score (nSPS) is 18.0. The number of aliphatic hydroxyl groups excluding tert-OH is 1. The summed E-state index contributed by atoms with van der Waals surface area (Å²) in [5.74, 6) is 0.478. The third-order valence-electron chi connectivity index (χ3n) is 3.06. The van der Waals surface area contributed by atoms with Crippen molar-refractivity contribution in [1.29, 1.82) is 0 Å². The molecular weight excluding hydrogens is 238 g/mol.